The first kappa shape index (κ1) is 35.0. The molecule has 4 aromatic rings. The van der Waals surface area contributed by atoms with Crippen molar-refractivity contribution in [3.05, 3.63) is 129 Å². The van der Waals surface area contributed by atoms with Gasteiger partial charge < -0.3 is 10.2 Å². The van der Waals surface area contributed by atoms with E-state index in [1.165, 1.54) is 17.0 Å². The molecule has 46 heavy (non-hydrogen) atoms. The molecular weight excluding hydrogens is 641 g/mol. The van der Waals surface area contributed by atoms with E-state index in [4.69, 9.17) is 23.2 Å². The zero-order chi connectivity index (χ0) is 33.3. The van der Waals surface area contributed by atoms with Crippen LogP contribution in [0, 0.1) is 13.8 Å². The van der Waals surface area contributed by atoms with Gasteiger partial charge >= 0.3 is 0 Å². The number of sulfonamides is 1. The Labute approximate surface area is 282 Å². The van der Waals surface area contributed by atoms with Crippen LogP contribution in [-0.2, 0) is 32.6 Å². The first-order chi connectivity index (χ1) is 22.0. The number of aryl methyl sites for hydroxylation is 1. The summed E-state index contributed by atoms with van der Waals surface area (Å²) >= 11 is 13.2. The van der Waals surface area contributed by atoms with Gasteiger partial charge in [-0.15, -0.1) is 0 Å². The summed E-state index contributed by atoms with van der Waals surface area (Å²) in [5, 5.41) is 3.65. The smallest absolute Gasteiger partial charge is 0.264 e. The molecule has 0 fully saturated rings. The van der Waals surface area contributed by atoms with Crippen LogP contribution in [0.4, 0.5) is 5.69 Å². The maximum atomic E-state index is 14.6. The summed E-state index contributed by atoms with van der Waals surface area (Å²) < 4.78 is 29.6. The summed E-state index contributed by atoms with van der Waals surface area (Å²) in [6.07, 6.45) is 1.84. The lowest BCUT2D eigenvalue weighted by Gasteiger charge is -2.34. The van der Waals surface area contributed by atoms with E-state index in [0.717, 1.165) is 28.3 Å². The Morgan fingerprint density at radius 2 is 1.43 bits per heavy atom. The van der Waals surface area contributed by atoms with Gasteiger partial charge in [-0.05, 0) is 67.3 Å². The number of hydrogen-bond donors (Lipinski definition) is 1. The molecule has 0 saturated heterocycles. The van der Waals surface area contributed by atoms with Crippen LogP contribution < -0.4 is 9.62 Å². The van der Waals surface area contributed by atoms with Gasteiger partial charge in [0.15, 0.2) is 0 Å². The molecule has 0 radical (unpaired) electrons. The van der Waals surface area contributed by atoms with Crippen molar-refractivity contribution in [2.45, 2.75) is 57.5 Å². The highest BCUT2D eigenvalue weighted by Crippen LogP contribution is 2.31. The minimum absolute atomic E-state index is 0.0440. The second kappa shape index (κ2) is 16.1. The molecule has 4 rings (SSSR count). The van der Waals surface area contributed by atoms with Gasteiger partial charge in [-0.3, -0.25) is 13.9 Å². The third-order valence-electron chi connectivity index (χ3n) is 7.95. The van der Waals surface area contributed by atoms with Crippen LogP contribution in [0.3, 0.4) is 0 Å². The van der Waals surface area contributed by atoms with E-state index in [1.807, 2.05) is 57.2 Å². The number of halogens is 2. The fourth-order valence-electron chi connectivity index (χ4n) is 5.15. The van der Waals surface area contributed by atoms with Crippen LogP contribution in [0.5, 0.6) is 0 Å². The SMILES string of the molecule is CCCCNC(=O)[C@H](Cc1ccccc1)N(Cc1c(Cl)cccc1Cl)C(=O)CN(c1cccc(C)c1C)S(=O)(=O)c1ccccc1. The van der Waals surface area contributed by atoms with E-state index < -0.39 is 28.5 Å². The maximum absolute atomic E-state index is 14.6. The van der Waals surface area contributed by atoms with Crippen molar-refractivity contribution in [2.24, 2.45) is 0 Å². The predicted molar refractivity (Wildman–Crippen MR) is 186 cm³/mol. The van der Waals surface area contributed by atoms with Crippen LogP contribution in [0.25, 0.3) is 0 Å². The number of nitrogens with one attached hydrogen (secondary N) is 1. The normalized spacial score (nSPS) is 11.9. The van der Waals surface area contributed by atoms with Crippen molar-refractivity contribution in [1.82, 2.24) is 10.2 Å². The van der Waals surface area contributed by atoms with Crippen LogP contribution in [0.1, 0.15) is 42.0 Å². The zero-order valence-electron chi connectivity index (χ0n) is 26.2. The van der Waals surface area contributed by atoms with Gasteiger partial charge in [0.25, 0.3) is 10.0 Å². The molecule has 2 amide bonds. The average molecular weight is 681 g/mol. The summed E-state index contributed by atoms with van der Waals surface area (Å²) in [4.78, 5) is 30.0. The third-order valence-corrected chi connectivity index (χ3v) is 10.4. The molecule has 0 aliphatic rings. The molecule has 1 N–H and O–H groups in total. The van der Waals surface area contributed by atoms with Gasteiger partial charge in [0.1, 0.15) is 12.6 Å². The highest BCUT2D eigenvalue weighted by Gasteiger charge is 2.35. The molecule has 242 valence electrons. The summed E-state index contributed by atoms with van der Waals surface area (Å²) in [7, 11) is -4.20. The molecule has 0 heterocycles. The van der Waals surface area contributed by atoms with E-state index in [-0.39, 0.29) is 23.8 Å². The molecule has 1 atom stereocenters. The zero-order valence-corrected chi connectivity index (χ0v) is 28.6. The van der Waals surface area contributed by atoms with Crippen LogP contribution >= 0.6 is 23.2 Å². The number of unbranched alkanes of at least 4 members (excludes halogenated alkanes) is 1. The third kappa shape index (κ3) is 8.49. The number of anilines is 1. The Kier molecular flexibility index (Phi) is 12.3. The van der Waals surface area contributed by atoms with E-state index in [2.05, 4.69) is 5.32 Å². The van der Waals surface area contributed by atoms with Gasteiger partial charge in [-0.1, -0.05) is 103 Å². The van der Waals surface area contributed by atoms with E-state index >= 15 is 0 Å². The number of benzene rings is 4. The van der Waals surface area contributed by atoms with E-state index in [1.54, 1.807) is 48.5 Å². The molecule has 0 saturated carbocycles. The summed E-state index contributed by atoms with van der Waals surface area (Å²) in [5.41, 5.74) is 3.26. The molecule has 0 aliphatic heterocycles. The Balaban J connectivity index is 1.85. The molecule has 4 aromatic carbocycles. The standard InChI is InChI=1S/C36H39Cl2N3O4S/c1-4-5-22-39-36(43)34(23-28-15-8-6-9-16-28)40(24-30-31(37)19-13-20-32(30)38)35(42)25-41(33-21-12-14-26(2)27(33)3)46(44,45)29-17-10-7-11-18-29/h6-21,34H,4-5,22-25H2,1-3H3,(H,39,43)/t34-/m0/s1. The molecule has 0 unspecified atom stereocenters. The van der Waals surface area contributed by atoms with Crippen LogP contribution in [0.2, 0.25) is 10.0 Å². The van der Waals surface area contributed by atoms with E-state index in [9.17, 15) is 18.0 Å². The summed E-state index contributed by atoms with van der Waals surface area (Å²) in [5.74, 6) is -0.930. The van der Waals surface area contributed by atoms with Crippen LogP contribution in [0.15, 0.2) is 102 Å². The van der Waals surface area contributed by atoms with Crippen molar-refractivity contribution in [1.29, 1.82) is 0 Å². The van der Waals surface area contributed by atoms with Crippen molar-refractivity contribution in [3.63, 3.8) is 0 Å². The quantitative estimate of drug-likeness (QED) is 0.141. The fraction of sp³-hybridized carbons (Fsp3) is 0.278. The van der Waals surface area contributed by atoms with Gasteiger partial charge in [0.2, 0.25) is 11.8 Å². The molecule has 0 aliphatic carbocycles. The van der Waals surface area contributed by atoms with Crippen molar-refractivity contribution < 1.29 is 18.0 Å². The Hall–Kier alpha value is -3.85. The lowest BCUT2D eigenvalue weighted by atomic mass is 10.0. The number of nitrogens with zero attached hydrogens (tertiary/aromatic N) is 2. The van der Waals surface area contributed by atoms with Crippen molar-refractivity contribution >= 4 is 50.7 Å². The minimum atomic E-state index is -4.20. The largest absolute Gasteiger partial charge is 0.354 e. The number of amides is 2. The number of carbonyl (C=O) groups is 2. The van der Waals surface area contributed by atoms with Crippen molar-refractivity contribution in [2.75, 3.05) is 17.4 Å². The number of hydrogen-bond acceptors (Lipinski definition) is 4. The average Bonchev–Trinajstić information content (AvgIpc) is 3.05. The van der Waals surface area contributed by atoms with Gasteiger partial charge in [0, 0.05) is 35.1 Å². The first-order valence-electron chi connectivity index (χ1n) is 15.2. The van der Waals surface area contributed by atoms with Gasteiger partial charge in [0.05, 0.1) is 10.6 Å². The predicted octanol–water partition coefficient (Wildman–Crippen LogP) is 7.36. The lowest BCUT2D eigenvalue weighted by Crippen LogP contribution is -2.53. The molecule has 10 heteroatoms. The highest BCUT2D eigenvalue weighted by atomic mass is 35.5. The molecule has 0 aromatic heterocycles. The summed E-state index contributed by atoms with van der Waals surface area (Å²) in [6, 6.07) is 26.8. The molecular formula is C36H39Cl2N3O4S. The first-order valence-corrected chi connectivity index (χ1v) is 17.4. The second-order valence-corrected chi connectivity index (χ2v) is 13.8. The van der Waals surface area contributed by atoms with Crippen LogP contribution in [-0.4, -0.2) is 44.3 Å². The summed E-state index contributed by atoms with van der Waals surface area (Å²) in [6.45, 7) is 5.50. The fourth-order valence-corrected chi connectivity index (χ4v) is 7.16. The Morgan fingerprint density at radius 3 is 2.07 bits per heavy atom. The molecule has 0 spiro atoms. The Morgan fingerprint density at radius 1 is 0.826 bits per heavy atom. The molecule has 7 nitrogen and oxygen atoms in total. The van der Waals surface area contributed by atoms with E-state index in [0.29, 0.717) is 33.4 Å². The maximum Gasteiger partial charge on any atom is 0.264 e. The van der Waals surface area contributed by atoms with Gasteiger partial charge in [-0.2, -0.15) is 0 Å². The topological polar surface area (TPSA) is 86.8 Å². The monoisotopic (exact) mass is 679 g/mol. The molecule has 0 bridgehead atoms. The minimum Gasteiger partial charge on any atom is -0.354 e. The number of carbonyl (C=O) groups excluding carboxylic acids is 2. The van der Waals surface area contributed by atoms with Gasteiger partial charge in [-0.25, -0.2) is 8.42 Å². The number of rotatable bonds is 14. The lowest BCUT2D eigenvalue weighted by molar-refractivity contribution is -0.140. The second-order valence-electron chi connectivity index (χ2n) is 11.1. The highest BCUT2D eigenvalue weighted by molar-refractivity contribution is 7.92. The van der Waals surface area contributed by atoms with Crippen molar-refractivity contribution in [3.8, 4) is 0 Å². The Bertz CT molecular complexity index is 1730.